The van der Waals surface area contributed by atoms with Crippen LogP contribution in [0.1, 0.15) is 36.8 Å². The van der Waals surface area contributed by atoms with Gasteiger partial charge < -0.3 is 9.84 Å². The number of carboxylic acids is 1. The Hall–Kier alpha value is -1.58. The summed E-state index contributed by atoms with van der Waals surface area (Å²) in [5.41, 5.74) is 0.856. The van der Waals surface area contributed by atoms with Crippen LogP contribution >= 0.6 is 0 Å². The van der Waals surface area contributed by atoms with E-state index < -0.39 is 5.97 Å². The number of hydrogen-bond donors (Lipinski definition) is 1. The Kier molecular flexibility index (Phi) is 3.88. The normalized spacial score (nSPS) is 12.6. The van der Waals surface area contributed by atoms with Crippen LogP contribution in [0.2, 0.25) is 0 Å². The van der Waals surface area contributed by atoms with Gasteiger partial charge in [-0.3, -0.25) is 4.98 Å². The van der Waals surface area contributed by atoms with Gasteiger partial charge in [0.05, 0.1) is 6.10 Å². The molecule has 1 rings (SSSR count). The first kappa shape index (κ1) is 12.5. The van der Waals surface area contributed by atoms with Gasteiger partial charge in [0.25, 0.3) is 0 Å². The van der Waals surface area contributed by atoms with E-state index in [1.165, 1.54) is 6.20 Å². The van der Waals surface area contributed by atoms with Crippen molar-refractivity contribution in [2.45, 2.75) is 33.8 Å². The minimum Gasteiger partial charge on any atom is -0.489 e. The molecule has 4 heteroatoms. The highest BCUT2D eigenvalue weighted by atomic mass is 16.5. The maximum Gasteiger partial charge on any atom is 0.341 e. The fourth-order valence-electron chi connectivity index (χ4n) is 1.13. The molecule has 0 fully saturated rings. The number of pyridine rings is 1. The second kappa shape index (κ2) is 4.96. The molecule has 16 heavy (non-hydrogen) atoms. The van der Waals surface area contributed by atoms with Gasteiger partial charge >= 0.3 is 5.97 Å². The molecule has 4 nitrogen and oxygen atoms in total. The highest BCUT2D eigenvalue weighted by Gasteiger charge is 2.16. The van der Waals surface area contributed by atoms with E-state index in [0.29, 0.717) is 11.7 Å². The van der Waals surface area contributed by atoms with E-state index >= 15 is 0 Å². The van der Waals surface area contributed by atoms with Gasteiger partial charge in [-0.2, -0.15) is 0 Å². The smallest absolute Gasteiger partial charge is 0.341 e. The Labute approximate surface area is 95.3 Å². The van der Waals surface area contributed by atoms with Gasteiger partial charge in [0.1, 0.15) is 11.3 Å². The van der Waals surface area contributed by atoms with E-state index in [2.05, 4.69) is 4.98 Å². The zero-order valence-corrected chi connectivity index (χ0v) is 10.0. The summed E-state index contributed by atoms with van der Waals surface area (Å²) in [4.78, 5) is 14.9. The Morgan fingerprint density at radius 2 is 2.06 bits per heavy atom. The number of rotatable bonds is 4. The molecule has 0 aliphatic rings. The van der Waals surface area contributed by atoms with Gasteiger partial charge in [-0.25, -0.2) is 4.79 Å². The molecule has 1 aromatic rings. The summed E-state index contributed by atoms with van der Waals surface area (Å²) >= 11 is 0. The predicted octanol–water partition coefficient (Wildman–Crippen LogP) is 2.51. The molecule has 1 atom stereocenters. The van der Waals surface area contributed by atoms with Crippen molar-refractivity contribution in [3.63, 3.8) is 0 Å². The monoisotopic (exact) mass is 223 g/mol. The molecule has 1 aromatic heterocycles. The standard InChI is InChI=1S/C12H17NO3/c1-7(2)9(4)16-11-5-8(3)13-6-10(11)12(14)15/h5-7,9H,1-4H3,(H,14,15). The summed E-state index contributed by atoms with van der Waals surface area (Å²) < 4.78 is 5.63. The second-order valence-electron chi connectivity index (χ2n) is 4.19. The molecule has 0 aliphatic carbocycles. The van der Waals surface area contributed by atoms with Crippen molar-refractivity contribution < 1.29 is 14.6 Å². The van der Waals surface area contributed by atoms with Crippen LogP contribution in [-0.2, 0) is 0 Å². The molecule has 1 heterocycles. The van der Waals surface area contributed by atoms with Gasteiger partial charge in [0.2, 0.25) is 0 Å². The molecule has 1 unspecified atom stereocenters. The molecule has 0 radical (unpaired) electrons. The molecular weight excluding hydrogens is 206 g/mol. The molecule has 0 bridgehead atoms. The number of carbonyl (C=O) groups is 1. The number of nitrogens with zero attached hydrogens (tertiary/aromatic N) is 1. The van der Waals surface area contributed by atoms with Crippen LogP contribution in [-0.4, -0.2) is 22.2 Å². The summed E-state index contributed by atoms with van der Waals surface area (Å²) in [6.07, 6.45) is 1.31. The number of ether oxygens (including phenoxy) is 1. The van der Waals surface area contributed by atoms with Crippen molar-refractivity contribution >= 4 is 5.97 Å². The number of aryl methyl sites for hydroxylation is 1. The number of carboxylic acid groups (broad SMARTS) is 1. The van der Waals surface area contributed by atoms with E-state index in [9.17, 15) is 4.79 Å². The molecular formula is C12H17NO3. The van der Waals surface area contributed by atoms with Gasteiger partial charge in [0, 0.05) is 18.0 Å². The van der Waals surface area contributed by atoms with E-state index in [0.717, 1.165) is 5.69 Å². The van der Waals surface area contributed by atoms with Crippen molar-refractivity contribution in [1.82, 2.24) is 4.98 Å². The Morgan fingerprint density at radius 3 is 2.56 bits per heavy atom. The number of hydrogen-bond acceptors (Lipinski definition) is 3. The van der Waals surface area contributed by atoms with E-state index in [1.807, 2.05) is 20.8 Å². The third-order valence-corrected chi connectivity index (χ3v) is 2.48. The van der Waals surface area contributed by atoms with Crippen LogP contribution < -0.4 is 4.74 Å². The zero-order chi connectivity index (χ0) is 12.3. The first-order valence-corrected chi connectivity index (χ1v) is 5.28. The van der Waals surface area contributed by atoms with E-state index in [-0.39, 0.29) is 11.7 Å². The average Bonchev–Trinajstić information content (AvgIpc) is 2.16. The lowest BCUT2D eigenvalue weighted by Gasteiger charge is -2.19. The maximum absolute atomic E-state index is 11.0. The quantitative estimate of drug-likeness (QED) is 0.852. The minimum absolute atomic E-state index is 0.0279. The highest BCUT2D eigenvalue weighted by Crippen LogP contribution is 2.21. The Balaban J connectivity index is 3.01. The molecule has 0 amide bonds. The molecule has 0 saturated heterocycles. The Morgan fingerprint density at radius 1 is 1.44 bits per heavy atom. The van der Waals surface area contributed by atoms with Crippen LogP contribution in [0.25, 0.3) is 0 Å². The fourth-order valence-corrected chi connectivity index (χ4v) is 1.13. The van der Waals surface area contributed by atoms with Crippen LogP contribution in [0.4, 0.5) is 0 Å². The summed E-state index contributed by atoms with van der Waals surface area (Å²) in [6.45, 7) is 7.78. The topological polar surface area (TPSA) is 59.4 Å². The van der Waals surface area contributed by atoms with Crippen LogP contribution in [0, 0.1) is 12.8 Å². The first-order chi connectivity index (χ1) is 7.41. The predicted molar refractivity (Wildman–Crippen MR) is 60.9 cm³/mol. The van der Waals surface area contributed by atoms with Crippen molar-refractivity contribution in [3.05, 3.63) is 23.5 Å². The first-order valence-electron chi connectivity index (χ1n) is 5.28. The molecule has 0 spiro atoms. The Bertz CT molecular complexity index is 388. The highest BCUT2D eigenvalue weighted by molar-refractivity contribution is 5.90. The zero-order valence-electron chi connectivity index (χ0n) is 10.0. The van der Waals surface area contributed by atoms with Crippen LogP contribution in [0.3, 0.4) is 0 Å². The fraction of sp³-hybridized carbons (Fsp3) is 0.500. The van der Waals surface area contributed by atoms with Gasteiger partial charge in [-0.1, -0.05) is 13.8 Å². The lowest BCUT2D eigenvalue weighted by Crippen LogP contribution is -2.20. The summed E-state index contributed by atoms with van der Waals surface area (Å²) in [5, 5.41) is 8.99. The second-order valence-corrected chi connectivity index (χ2v) is 4.19. The molecule has 1 N–H and O–H groups in total. The minimum atomic E-state index is -1.02. The lowest BCUT2D eigenvalue weighted by molar-refractivity contribution is 0.0686. The SMILES string of the molecule is Cc1cc(OC(C)C(C)C)c(C(=O)O)cn1. The maximum atomic E-state index is 11.0. The lowest BCUT2D eigenvalue weighted by atomic mass is 10.1. The summed E-state index contributed by atoms with van der Waals surface area (Å²) in [5.74, 6) is -0.297. The number of aromatic carboxylic acids is 1. The molecule has 0 saturated carbocycles. The molecule has 88 valence electrons. The summed E-state index contributed by atoms with van der Waals surface area (Å²) in [6, 6.07) is 1.66. The molecule has 0 aromatic carbocycles. The molecule has 0 aliphatic heterocycles. The van der Waals surface area contributed by atoms with Crippen LogP contribution in [0.5, 0.6) is 5.75 Å². The van der Waals surface area contributed by atoms with Gasteiger partial charge in [-0.15, -0.1) is 0 Å². The number of aromatic nitrogens is 1. The van der Waals surface area contributed by atoms with Crippen molar-refractivity contribution in [3.8, 4) is 5.75 Å². The van der Waals surface area contributed by atoms with Crippen LogP contribution in [0.15, 0.2) is 12.3 Å². The average molecular weight is 223 g/mol. The van der Waals surface area contributed by atoms with Crippen molar-refractivity contribution in [2.75, 3.05) is 0 Å². The van der Waals surface area contributed by atoms with Gasteiger partial charge in [-0.05, 0) is 19.8 Å². The van der Waals surface area contributed by atoms with Crippen molar-refractivity contribution in [1.29, 1.82) is 0 Å². The third kappa shape index (κ3) is 2.95. The van der Waals surface area contributed by atoms with Gasteiger partial charge in [0.15, 0.2) is 0 Å². The third-order valence-electron chi connectivity index (χ3n) is 2.48. The van der Waals surface area contributed by atoms with E-state index in [1.54, 1.807) is 13.0 Å². The van der Waals surface area contributed by atoms with Crippen molar-refractivity contribution in [2.24, 2.45) is 5.92 Å². The summed E-state index contributed by atoms with van der Waals surface area (Å²) in [7, 11) is 0. The van der Waals surface area contributed by atoms with E-state index in [4.69, 9.17) is 9.84 Å². The largest absolute Gasteiger partial charge is 0.489 e.